The first-order valence-corrected chi connectivity index (χ1v) is 6.39. The Hall–Kier alpha value is -2.34. The molecular weight excluding hydrogens is 299 g/mol. The Bertz CT molecular complexity index is 679. The second-order valence-electron chi connectivity index (χ2n) is 4.24. The highest BCUT2D eigenvalue weighted by atomic mass is 35.5. The molecule has 0 aromatic heterocycles. The van der Waals surface area contributed by atoms with Crippen LogP contribution in [-0.2, 0) is 6.54 Å². The van der Waals surface area contributed by atoms with E-state index < -0.39 is 10.7 Å². The van der Waals surface area contributed by atoms with Gasteiger partial charge in [0.25, 0.3) is 5.69 Å². The van der Waals surface area contributed by atoms with Crippen LogP contribution < -0.4 is 10.1 Å². The van der Waals surface area contributed by atoms with E-state index >= 15 is 0 Å². The molecule has 0 aliphatic carbocycles. The number of halogens is 2. The highest BCUT2D eigenvalue weighted by Gasteiger charge is 2.15. The van der Waals surface area contributed by atoms with Gasteiger partial charge in [-0.3, -0.25) is 10.1 Å². The van der Waals surface area contributed by atoms with Crippen LogP contribution in [0.1, 0.15) is 5.56 Å². The zero-order valence-electron chi connectivity index (χ0n) is 11.1. The number of nitrogens with zero attached hydrogens (tertiary/aromatic N) is 1. The maximum absolute atomic E-state index is 13.3. The lowest BCUT2D eigenvalue weighted by Gasteiger charge is -2.09. The van der Waals surface area contributed by atoms with E-state index in [1.807, 2.05) is 0 Å². The van der Waals surface area contributed by atoms with E-state index in [9.17, 15) is 14.5 Å². The van der Waals surface area contributed by atoms with Gasteiger partial charge in [0.05, 0.1) is 23.1 Å². The van der Waals surface area contributed by atoms with Crippen molar-refractivity contribution >= 4 is 23.0 Å². The SMILES string of the molecule is COc1ccc(NCc2ccc(Cl)c(F)c2)c([N+](=O)[O-])c1. The van der Waals surface area contributed by atoms with Crippen LogP contribution in [0.2, 0.25) is 5.02 Å². The quantitative estimate of drug-likeness (QED) is 0.669. The Balaban J connectivity index is 2.19. The van der Waals surface area contributed by atoms with E-state index in [0.717, 1.165) is 0 Å². The van der Waals surface area contributed by atoms with Crippen LogP contribution in [0.15, 0.2) is 36.4 Å². The number of nitro benzene ring substituents is 1. The number of ether oxygens (including phenoxy) is 1. The number of hydrogen-bond donors (Lipinski definition) is 1. The number of anilines is 1. The smallest absolute Gasteiger partial charge is 0.296 e. The first kappa shape index (κ1) is 15.1. The molecule has 2 aromatic rings. The summed E-state index contributed by atoms with van der Waals surface area (Å²) >= 11 is 5.60. The molecule has 0 fully saturated rings. The topological polar surface area (TPSA) is 64.4 Å². The fourth-order valence-corrected chi connectivity index (χ4v) is 1.90. The molecule has 5 nitrogen and oxygen atoms in total. The predicted molar refractivity (Wildman–Crippen MR) is 78.4 cm³/mol. The van der Waals surface area contributed by atoms with Crippen molar-refractivity contribution in [2.24, 2.45) is 0 Å². The molecule has 110 valence electrons. The van der Waals surface area contributed by atoms with Gasteiger partial charge in [-0.2, -0.15) is 0 Å². The minimum atomic E-state index is -0.528. The summed E-state index contributed by atoms with van der Waals surface area (Å²) in [5, 5.41) is 14.0. The van der Waals surface area contributed by atoms with Gasteiger partial charge >= 0.3 is 0 Å². The van der Waals surface area contributed by atoms with E-state index in [2.05, 4.69) is 5.32 Å². The lowest BCUT2D eigenvalue weighted by molar-refractivity contribution is -0.384. The average molecular weight is 311 g/mol. The van der Waals surface area contributed by atoms with Crippen LogP contribution in [0.5, 0.6) is 5.75 Å². The van der Waals surface area contributed by atoms with Crippen molar-refractivity contribution < 1.29 is 14.1 Å². The molecule has 7 heteroatoms. The van der Waals surface area contributed by atoms with Gasteiger partial charge in [-0.05, 0) is 29.8 Å². The summed E-state index contributed by atoms with van der Waals surface area (Å²) < 4.78 is 18.3. The van der Waals surface area contributed by atoms with Crippen molar-refractivity contribution in [3.63, 3.8) is 0 Å². The fraction of sp³-hybridized carbons (Fsp3) is 0.143. The number of methoxy groups -OCH3 is 1. The Kier molecular flexibility index (Phi) is 4.59. The largest absolute Gasteiger partial charge is 0.496 e. The summed E-state index contributed by atoms with van der Waals surface area (Å²) in [6, 6.07) is 8.85. The third-order valence-electron chi connectivity index (χ3n) is 2.87. The molecule has 0 heterocycles. The van der Waals surface area contributed by atoms with Crippen LogP contribution in [-0.4, -0.2) is 12.0 Å². The van der Waals surface area contributed by atoms with E-state index in [0.29, 0.717) is 17.0 Å². The summed E-state index contributed by atoms with van der Waals surface area (Å²) in [6.07, 6.45) is 0. The van der Waals surface area contributed by atoms with Crippen LogP contribution in [0.4, 0.5) is 15.8 Å². The van der Waals surface area contributed by atoms with E-state index in [-0.39, 0.29) is 17.3 Å². The molecule has 1 N–H and O–H groups in total. The number of nitro groups is 1. The van der Waals surface area contributed by atoms with Gasteiger partial charge in [0.1, 0.15) is 17.3 Å². The van der Waals surface area contributed by atoms with Gasteiger partial charge in [0.15, 0.2) is 0 Å². The van der Waals surface area contributed by atoms with Crippen molar-refractivity contribution in [3.05, 3.63) is 62.9 Å². The fourth-order valence-electron chi connectivity index (χ4n) is 1.79. The Labute approximate surface area is 125 Å². The molecule has 0 saturated carbocycles. The lowest BCUT2D eigenvalue weighted by Crippen LogP contribution is -2.03. The molecule has 0 unspecified atom stereocenters. The third-order valence-corrected chi connectivity index (χ3v) is 3.18. The molecule has 0 spiro atoms. The number of rotatable bonds is 5. The summed E-state index contributed by atoms with van der Waals surface area (Å²) in [4.78, 5) is 10.5. The molecule has 0 bridgehead atoms. The third kappa shape index (κ3) is 3.61. The monoisotopic (exact) mass is 310 g/mol. The zero-order valence-corrected chi connectivity index (χ0v) is 11.9. The molecule has 0 aliphatic rings. The van der Waals surface area contributed by atoms with Crippen molar-refractivity contribution in [2.75, 3.05) is 12.4 Å². The molecule has 0 aliphatic heterocycles. The normalized spacial score (nSPS) is 10.2. The second-order valence-corrected chi connectivity index (χ2v) is 4.65. The van der Waals surface area contributed by atoms with Crippen LogP contribution >= 0.6 is 11.6 Å². The second kappa shape index (κ2) is 6.41. The number of benzene rings is 2. The van der Waals surface area contributed by atoms with Crippen molar-refractivity contribution in [3.8, 4) is 5.75 Å². The summed E-state index contributed by atoms with van der Waals surface area (Å²) in [6.45, 7) is 0.237. The van der Waals surface area contributed by atoms with E-state index in [1.165, 1.54) is 25.3 Å². The van der Waals surface area contributed by atoms with Gasteiger partial charge in [-0.25, -0.2) is 4.39 Å². The van der Waals surface area contributed by atoms with Crippen LogP contribution in [0, 0.1) is 15.9 Å². The van der Waals surface area contributed by atoms with Gasteiger partial charge in [-0.1, -0.05) is 17.7 Å². The molecule has 2 rings (SSSR count). The summed E-state index contributed by atoms with van der Waals surface area (Å²) in [5.41, 5.74) is 0.849. The minimum absolute atomic E-state index is 0.0363. The molecule has 0 saturated heterocycles. The van der Waals surface area contributed by atoms with Crippen molar-refractivity contribution in [2.45, 2.75) is 6.54 Å². The highest BCUT2D eigenvalue weighted by molar-refractivity contribution is 6.30. The summed E-state index contributed by atoms with van der Waals surface area (Å²) in [5.74, 6) is -0.134. The molecule has 21 heavy (non-hydrogen) atoms. The van der Waals surface area contributed by atoms with E-state index in [4.69, 9.17) is 16.3 Å². The van der Waals surface area contributed by atoms with Gasteiger partial charge in [0, 0.05) is 6.54 Å². The molecule has 0 atom stereocenters. The maximum Gasteiger partial charge on any atom is 0.296 e. The van der Waals surface area contributed by atoms with Crippen molar-refractivity contribution in [1.29, 1.82) is 0 Å². The number of nitrogens with one attached hydrogen (secondary N) is 1. The Morgan fingerprint density at radius 1 is 1.33 bits per heavy atom. The summed E-state index contributed by atoms with van der Waals surface area (Å²) in [7, 11) is 1.43. The van der Waals surface area contributed by atoms with Crippen molar-refractivity contribution in [1.82, 2.24) is 0 Å². The number of hydrogen-bond acceptors (Lipinski definition) is 4. The molecule has 0 radical (unpaired) electrons. The maximum atomic E-state index is 13.3. The van der Waals surface area contributed by atoms with Crippen LogP contribution in [0.25, 0.3) is 0 Å². The standard InChI is InChI=1S/C14H12ClFN2O3/c1-21-10-3-5-13(14(7-10)18(19)20)17-8-9-2-4-11(15)12(16)6-9/h2-7,17H,8H2,1H3. The lowest BCUT2D eigenvalue weighted by atomic mass is 10.2. The molecule has 0 amide bonds. The Morgan fingerprint density at radius 2 is 2.10 bits per heavy atom. The Morgan fingerprint density at radius 3 is 2.71 bits per heavy atom. The average Bonchev–Trinajstić information content (AvgIpc) is 2.48. The van der Waals surface area contributed by atoms with Crippen LogP contribution in [0.3, 0.4) is 0 Å². The molecule has 2 aromatic carbocycles. The van der Waals surface area contributed by atoms with Gasteiger partial charge < -0.3 is 10.1 Å². The van der Waals surface area contributed by atoms with Gasteiger partial charge in [0.2, 0.25) is 0 Å². The predicted octanol–water partition coefficient (Wildman–Crippen LogP) is 4.01. The highest BCUT2D eigenvalue weighted by Crippen LogP contribution is 2.29. The molecular formula is C14H12ClFN2O3. The van der Waals surface area contributed by atoms with E-state index in [1.54, 1.807) is 18.2 Å². The first-order valence-electron chi connectivity index (χ1n) is 6.01. The van der Waals surface area contributed by atoms with Gasteiger partial charge in [-0.15, -0.1) is 0 Å². The zero-order chi connectivity index (χ0) is 15.4. The first-order chi connectivity index (χ1) is 10.0. The minimum Gasteiger partial charge on any atom is -0.496 e.